The summed E-state index contributed by atoms with van der Waals surface area (Å²) >= 11 is 0. The van der Waals surface area contributed by atoms with Crippen LogP contribution in [0.3, 0.4) is 0 Å². The Labute approximate surface area is 66.1 Å². The Morgan fingerprint density at radius 2 is 1.55 bits per heavy atom. The van der Waals surface area contributed by atoms with Crippen LogP contribution in [0.15, 0.2) is 35.5 Å². The topological polar surface area (TPSA) is 9.23 Å². The van der Waals surface area contributed by atoms with E-state index in [1.807, 2.05) is 0 Å². The first-order chi connectivity index (χ1) is 5.45. The number of rotatable bonds is 0. The molecule has 3 aliphatic rings. The van der Waals surface area contributed by atoms with Gasteiger partial charge in [0, 0.05) is 0 Å². The molecule has 2 heterocycles. The molecule has 3 rings (SSSR count). The lowest BCUT2D eigenvalue weighted by atomic mass is 9.89. The van der Waals surface area contributed by atoms with E-state index in [1.54, 1.807) is 0 Å². The van der Waals surface area contributed by atoms with Crippen molar-refractivity contribution >= 4 is 0 Å². The van der Waals surface area contributed by atoms with Gasteiger partial charge in [0.15, 0.2) is 0 Å². The lowest BCUT2D eigenvalue weighted by molar-refractivity contribution is 0.126. The first-order valence-corrected chi connectivity index (χ1v) is 4.16. The van der Waals surface area contributed by atoms with Crippen LogP contribution in [0.25, 0.3) is 0 Å². The van der Waals surface area contributed by atoms with E-state index >= 15 is 0 Å². The Morgan fingerprint density at radius 3 is 2.09 bits per heavy atom. The molecule has 2 atom stereocenters. The summed E-state index contributed by atoms with van der Waals surface area (Å²) in [5.74, 6) is 0. The van der Waals surface area contributed by atoms with Crippen LogP contribution in [0.4, 0.5) is 0 Å². The summed E-state index contributed by atoms with van der Waals surface area (Å²) in [4.78, 5) is 0. The van der Waals surface area contributed by atoms with Gasteiger partial charge in [0.1, 0.15) is 0 Å². The molecule has 2 unspecified atom stereocenters. The van der Waals surface area contributed by atoms with Crippen LogP contribution in [0.5, 0.6) is 0 Å². The number of hydrogen-bond acceptors (Lipinski definition) is 1. The van der Waals surface area contributed by atoms with Gasteiger partial charge in [-0.3, -0.25) is 0 Å². The molecule has 2 bridgehead atoms. The van der Waals surface area contributed by atoms with Gasteiger partial charge in [-0.25, -0.2) is 0 Å². The molecule has 0 saturated heterocycles. The molecule has 1 nitrogen and oxygen atoms in total. The molecule has 0 spiro atoms. The van der Waals surface area contributed by atoms with Gasteiger partial charge in [0.2, 0.25) is 0 Å². The van der Waals surface area contributed by atoms with Crippen LogP contribution in [-0.4, -0.2) is 12.2 Å². The zero-order chi connectivity index (χ0) is 7.26. The standard InChI is InChI=1S/C10H10O/c1-2-4-8-7(3-1)9-5-6-10(8)11-9/h1-2,5-6,9-10H,3-4H2. The van der Waals surface area contributed by atoms with Crippen molar-refractivity contribution in [3.8, 4) is 0 Å². The Bertz CT molecular complexity index is 257. The maximum Gasteiger partial charge on any atom is 0.0987 e. The minimum Gasteiger partial charge on any atom is -0.358 e. The van der Waals surface area contributed by atoms with E-state index < -0.39 is 0 Å². The van der Waals surface area contributed by atoms with Gasteiger partial charge in [0.25, 0.3) is 0 Å². The predicted octanol–water partition coefficient (Wildman–Crippen LogP) is 1.97. The third-order valence-electron chi connectivity index (χ3n) is 2.70. The molecular weight excluding hydrogens is 136 g/mol. The van der Waals surface area contributed by atoms with Gasteiger partial charge in [-0.1, -0.05) is 24.3 Å². The molecule has 56 valence electrons. The smallest absolute Gasteiger partial charge is 0.0987 e. The monoisotopic (exact) mass is 146 g/mol. The van der Waals surface area contributed by atoms with Crippen LogP contribution in [0.1, 0.15) is 12.8 Å². The van der Waals surface area contributed by atoms with Gasteiger partial charge in [-0.05, 0) is 24.0 Å². The van der Waals surface area contributed by atoms with Crippen LogP contribution in [0, 0.1) is 0 Å². The maximum absolute atomic E-state index is 5.69. The zero-order valence-electron chi connectivity index (χ0n) is 6.29. The largest absolute Gasteiger partial charge is 0.358 e. The highest BCUT2D eigenvalue weighted by Crippen LogP contribution is 2.39. The molecule has 1 aliphatic carbocycles. The lowest BCUT2D eigenvalue weighted by Gasteiger charge is -2.13. The third kappa shape index (κ3) is 0.641. The van der Waals surface area contributed by atoms with Crippen molar-refractivity contribution in [1.29, 1.82) is 0 Å². The highest BCUT2D eigenvalue weighted by Gasteiger charge is 2.35. The van der Waals surface area contributed by atoms with E-state index in [4.69, 9.17) is 4.74 Å². The quantitative estimate of drug-likeness (QED) is 0.475. The maximum atomic E-state index is 5.69. The Balaban J connectivity index is 2.04. The van der Waals surface area contributed by atoms with Crippen molar-refractivity contribution in [3.63, 3.8) is 0 Å². The number of fused-ring (bicyclic) bond motifs is 4. The van der Waals surface area contributed by atoms with E-state index in [2.05, 4.69) is 24.3 Å². The van der Waals surface area contributed by atoms with Crippen molar-refractivity contribution in [2.45, 2.75) is 25.0 Å². The lowest BCUT2D eigenvalue weighted by Crippen LogP contribution is -2.05. The molecule has 0 saturated carbocycles. The molecule has 0 radical (unpaired) electrons. The number of ether oxygens (including phenoxy) is 1. The molecule has 0 aromatic rings. The van der Waals surface area contributed by atoms with Gasteiger partial charge in [0.05, 0.1) is 12.2 Å². The summed E-state index contributed by atoms with van der Waals surface area (Å²) in [5, 5.41) is 0. The highest BCUT2D eigenvalue weighted by molar-refractivity contribution is 5.43. The fourth-order valence-electron chi connectivity index (χ4n) is 2.13. The molecular formula is C10H10O. The fourth-order valence-corrected chi connectivity index (χ4v) is 2.13. The predicted molar refractivity (Wildman–Crippen MR) is 43.2 cm³/mol. The summed E-state index contributed by atoms with van der Waals surface area (Å²) in [6.45, 7) is 0. The summed E-state index contributed by atoms with van der Waals surface area (Å²) in [7, 11) is 0. The third-order valence-corrected chi connectivity index (χ3v) is 2.70. The van der Waals surface area contributed by atoms with Crippen molar-refractivity contribution in [2.75, 3.05) is 0 Å². The van der Waals surface area contributed by atoms with E-state index in [0.29, 0.717) is 12.2 Å². The second-order valence-corrected chi connectivity index (χ2v) is 3.29. The second-order valence-electron chi connectivity index (χ2n) is 3.29. The van der Waals surface area contributed by atoms with Crippen LogP contribution >= 0.6 is 0 Å². The van der Waals surface area contributed by atoms with Crippen molar-refractivity contribution in [2.24, 2.45) is 0 Å². The Morgan fingerprint density at radius 1 is 1.00 bits per heavy atom. The SMILES string of the molecule is C1=CCC2=C(C1)C1C=CC2O1. The summed E-state index contributed by atoms with van der Waals surface area (Å²) in [5.41, 5.74) is 3.06. The Kier molecular flexibility index (Phi) is 0.977. The number of allylic oxidation sites excluding steroid dienone is 2. The normalized spacial score (nSPS) is 38.5. The molecule has 0 aromatic heterocycles. The average molecular weight is 146 g/mol. The zero-order valence-corrected chi connectivity index (χ0v) is 6.29. The van der Waals surface area contributed by atoms with Crippen molar-refractivity contribution in [3.05, 3.63) is 35.5 Å². The van der Waals surface area contributed by atoms with Gasteiger partial charge in [-0.15, -0.1) is 0 Å². The highest BCUT2D eigenvalue weighted by atomic mass is 16.5. The van der Waals surface area contributed by atoms with Gasteiger partial charge in [-0.2, -0.15) is 0 Å². The Hall–Kier alpha value is -0.820. The van der Waals surface area contributed by atoms with E-state index in [-0.39, 0.29) is 0 Å². The average Bonchev–Trinajstić information content (AvgIpc) is 2.64. The first-order valence-electron chi connectivity index (χ1n) is 4.16. The van der Waals surface area contributed by atoms with Gasteiger partial charge >= 0.3 is 0 Å². The van der Waals surface area contributed by atoms with Crippen LogP contribution in [0.2, 0.25) is 0 Å². The molecule has 0 fully saturated rings. The molecule has 2 aliphatic heterocycles. The van der Waals surface area contributed by atoms with Crippen LogP contribution < -0.4 is 0 Å². The molecule has 0 amide bonds. The van der Waals surface area contributed by atoms with E-state index in [9.17, 15) is 0 Å². The number of hydrogen-bond donors (Lipinski definition) is 0. The minimum absolute atomic E-state index is 0.333. The van der Waals surface area contributed by atoms with Gasteiger partial charge < -0.3 is 4.74 Å². The molecule has 0 N–H and O–H groups in total. The van der Waals surface area contributed by atoms with Crippen molar-refractivity contribution in [1.82, 2.24) is 0 Å². The molecule has 11 heavy (non-hydrogen) atoms. The molecule has 0 aromatic carbocycles. The fraction of sp³-hybridized carbons (Fsp3) is 0.400. The minimum atomic E-state index is 0.333. The summed E-state index contributed by atoms with van der Waals surface area (Å²) in [6.07, 6.45) is 11.8. The van der Waals surface area contributed by atoms with E-state index in [1.165, 1.54) is 11.1 Å². The van der Waals surface area contributed by atoms with Crippen molar-refractivity contribution < 1.29 is 4.74 Å². The second kappa shape index (κ2) is 1.86. The summed E-state index contributed by atoms with van der Waals surface area (Å²) in [6, 6.07) is 0. The molecule has 1 heteroatoms. The first kappa shape index (κ1) is 5.78. The summed E-state index contributed by atoms with van der Waals surface area (Å²) < 4.78 is 5.69. The van der Waals surface area contributed by atoms with E-state index in [0.717, 1.165) is 12.8 Å². The van der Waals surface area contributed by atoms with Crippen LogP contribution in [-0.2, 0) is 4.74 Å².